The lowest BCUT2D eigenvalue weighted by atomic mass is 10.2. The number of benzene rings is 1. The molecule has 0 fully saturated rings. The van der Waals surface area contributed by atoms with Gasteiger partial charge in [0.2, 0.25) is 0 Å². The lowest BCUT2D eigenvalue weighted by Gasteiger charge is -2.02. The number of hydrogen-bond donors (Lipinski definition) is 1. The van der Waals surface area contributed by atoms with Gasteiger partial charge in [-0.1, -0.05) is 6.07 Å². The molecule has 0 aliphatic rings. The molecule has 1 N–H and O–H groups in total. The first-order valence-electron chi connectivity index (χ1n) is 8.32. The molecule has 3 aromatic rings. The van der Waals surface area contributed by atoms with Gasteiger partial charge in [-0.2, -0.15) is 0 Å². The molecule has 1 aromatic carbocycles. The highest BCUT2D eigenvalue weighted by molar-refractivity contribution is 5.74. The van der Waals surface area contributed by atoms with Gasteiger partial charge in [-0.3, -0.25) is 9.20 Å². The van der Waals surface area contributed by atoms with E-state index in [1.54, 1.807) is 29.5 Å². The number of phenols is 1. The Morgan fingerprint density at radius 1 is 1.19 bits per heavy atom. The first-order chi connectivity index (χ1) is 12.5. The summed E-state index contributed by atoms with van der Waals surface area (Å²) >= 11 is 0. The number of aromatic nitrogens is 2. The van der Waals surface area contributed by atoms with Gasteiger partial charge in [0.1, 0.15) is 17.1 Å². The topological polar surface area (TPSA) is 88.5 Å². The molecule has 2 heterocycles. The highest BCUT2D eigenvalue weighted by Gasteiger charge is 2.16. The molecule has 0 saturated heterocycles. The largest absolute Gasteiger partial charge is 0.506 e. The van der Waals surface area contributed by atoms with Crippen molar-refractivity contribution in [1.29, 1.82) is 0 Å². The van der Waals surface area contributed by atoms with Crippen molar-refractivity contribution in [3.8, 4) is 5.75 Å². The summed E-state index contributed by atoms with van der Waals surface area (Å²) in [6.45, 7) is 5.93. The Bertz CT molecular complexity index is 992. The number of azo groups is 1. The highest BCUT2D eigenvalue weighted by Crippen LogP contribution is 2.30. The summed E-state index contributed by atoms with van der Waals surface area (Å²) in [6.07, 6.45) is 1.83. The van der Waals surface area contributed by atoms with Gasteiger partial charge in [0.15, 0.2) is 5.82 Å². The van der Waals surface area contributed by atoms with Crippen molar-refractivity contribution in [2.24, 2.45) is 10.2 Å². The summed E-state index contributed by atoms with van der Waals surface area (Å²) in [4.78, 5) is 16.4. The maximum absolute atomic E-state index is 11.9. The molecule has 0 spiro atoms. The third kappa shape index (κ3) is 3.72. The van der Waals surface area contributed by atoms with Gasteiger partial charge in [0.05, 0.1) is 18.7 Å². The second kappa shape index (κ2) is 7.35. The zero-order valence-corrected chi connectivity index (χ0v) is 14.9. The molecule has 0 amide bonds. The Labute approximate surface area is 151 Å². The molecular weight excluding hydrogens is 332 g/mol. The minimum Gasteiger partial charge on any atom is -0.506 e. The van der Waals surface area contributed by atoms with Crippen LogP contribution in [0.1, 0.15) is 23.7 Å². The Morgan fingerprint density at radius 3 is 2.73 bits per heavy atom. The number of carbonyl (C=O) groups excluding carboxylic acids is 1. The number of imidazole rings is 1. The standard InChI is InChI=1S/C19H20N4O3/c1-4-26-18(25)11-15-19(23-8-7-13(3)10-17(23)20-15)22-21-14-9-12(2)5-6-16(14)24/h5-10,24H,4,11H2,1-3H3. The maximum atomic E-state index is 11.9. The summed E-state index contributed by atoms with van der Waals surface area (Å²) in [5, 5.41) is 18.4. The lowest BCUT2D eigenvalue weighted by Crippen LogP contribution is -2.07. The normalized spacial score (nSPS) is 11.3. The molecule has 0 aliphatic heterocycles. The van der Waals surface area contributed by atoms with Crippen molar-refractivity contribution in [3.63, 3.8) is 0 Å². The van der Waals surface area contributed by atoms with E-state index in [1.807, 2.05) is 32.2 Å². The van der Waals surface area contributed by atoms with E-state index in [2.05, 4.69) is 15.2 Å². The van der Waals surface area contributed by atoms with Gasteiger partial charge >= 0.3 is 5.97 Å². The molecule has 2 aromatic heterocycles. The van der Waals surface area contributed by atoms with Crippen LogP contribution in [0.4, 0.5) is 11.5 Å². The van der Waals surface area contributed by atoms with Gasteiger partial charge in [0.25, 0.3) is 0 Å². The molecule has 0 radical (unpaired) electrons. The molecule has 134 valence electrons. The molecule has 0 bridgehead atoms. The van der Waals surface area contributed by atoms with Crippen molar-refractivity contribution in [2.75, 3.05) is 6.61 Å². The Kier molecular flexibility index (Phi) is 4.97. The fourth-order valence-electron chi connectivity index (χ4n) is 2.57. The van der Waals surface area contributed by atoms with Gasteiger partial charge in [-0.25, -0.2) is 4.98 Å². The van der Waals surface area contributed by atoms with E-state index < -0.39 is 0 Å². The van der Waals surface area contributed by atoms with Crippen LogP contribution in [-0.4, -0.2) is 27.1 Å². The van der Waals surface area contributed by atoms with Crippen molar-refractivity contribution in [1.82, 2.24) is 9.38 Å². The predicted molar refractivity (Wildman–Crippen MR) is 97.3 cm³/mol. The summed E-state index contributed by atoms with van der Waals surface area (Å²) < 4.78 is 6.78. The average Bonchev–Trinajstić information content (AvgIpc) is 2.92. The smallest absolute Gasteiger partial charge is 0.312 e. The number of rotatable bonds is 5. The van der Waals surface area contributed by atoms with E-state index in [4.69, 9.17) is 4.74 Å². The molecular formula is C19H20N4O3. The number of esters is 1. The maximum Gasteiger partial charge on any atom is 0.312 e. The number of ether oxygens (including phenoxy) is 1. The summed E-state index contributed by atoms with van der Waals surface area (Å²) in [5.41, 5.74) is 3.51. The quantitative estimate of drug-likeness (QED) is 0.551. The van der Waals surface area contributed by atoms with Gasteiger partial charge in [-0.15, -0.1) is 10.2 Å². The van der Waals surface area contributed by atoms with E-state index in [0.29, 0.717) is 29.5 Å². The first kappa shape index (κ1) is 17.6. The zero-order valence-electron chi connectivity index (χ0n) is 14.9. The summed E-state index contributed by atoms with van der Waals surface area (Å²) in [5.74, 6) is 0.104. The molecule has 0 atom stereocenters. The van der Waals surface area contributed by atoms with Crippen LogP contribution in [0.15, 0.2) is 46.8 Å². The van der Waals surface area contributed by atoms with E-state index in [0.717, 1.165) is 11.1 Å². The third-order valence-electron chi connectivity index (χ3n) is 3.83. The predicted octanol–water partition coefficient (Wildman–Crippen LogP) is 4.18. The number of phenolic OH excluding ortho intramolecular Hbond substituents is 1. The van der Waals surface area contributed by atoms with E-state index in [1.165, 1.54) is 0 Å². The summed E-state index contributed by atoms with van der Waals surface area (Å²) in [7, 11) is 0. The molecule has 0 saturated carbocycles. The van der Waals surface area contributed by atoms with E-state index in [-0.39, 0.29) is 18.1 Å². The SMILES string of the molecule is CCOC(=O)Cc1nc2cc(C)ccn2c1N=Nc1cc(C)ccc1O. The Hall–Kier alpha value is -3.22. The number of carbonyl (C=O) groups is 1. The van der Waals surface area contributed by atoms with Crippen LogP contribution >= 0.6 is 0 Å². The fourth-order valence-corrected chi connectivity index (χ4v) is 2.57. The molecule has 7 heteroatoms. The van der Waals surface area contributed by atoms with Gasteiger partial charge in [0, 0.05) is 6.20 Å². The second-order valence-corrected chi connectivity index (χ2v) is 5.99. The number of nitrogens with zero attached hydrogens (tertiary/aromatic N) is 4. The molecule has 26 heavy (non-hydrogen) atoms. The van der Waals surface area contributed by atoms with Crippen molar-refractivity contribution in [2.45, 2.75) is 27.2 Å². The third-order valence-corrected chi connectivity index (χ3v) is 3.83. The van der Waals surface area contributed by atoms with Crippen LogP contribution in [-0.2, 0) is 16.0 Å². The van der Waals surface area contributed by atoms with Crippen LogP contribution in [0.2, 0.25) is 0 Å². The van der Waals surface area contributed by atoms with Crippen molar-refractivity contribution >= 4 is 23.1 Å². The first-order valence-corrected chi connectivity index (χ1v) is 8.32. The minimum absolute atomic E-state index is 0.00270. The molecule has 0 aliphatic carbocycles. The van der Waals surface area contributed by atoms with Crippen LogP contribution in [0.5, 0.6) is 5.75 Å². The number of pyridine rings is 1. The number of fused-ring (bicyclic) bond motifs is 1. The number of aromatic hydroxyl groups is 1. The average molecular weight is 352 g/mol. The van der Waals surface area contributed by atoms with Crippen molar-refractivity contribution in [3.05, 3.63) is 53.3 Å². The van der Waals surface area contributed by atoms with E-state index >= 15 is 0 Å². The van der Waals surface area contributed by atoms with Crippen LogP contribution in [0, 0.1) is 13.8 Å². The van der Waals surface area contributed by atoms with Crippen molar-refractivity contribution < 1.29 is 14.6 Å². The van der Waals surface area contributed by atoms with Gasteiger partial charge in [-0.05, 0) is 56.2 Å². The summed E-state index contributed by atoms with van der Waals surface area (Å²) in [6, 6.07) is 8.92. The monoisotopic (exact) mass is 352 g/mol. The van der Waals surface area contributed by atoms with Gasteiger partial charge < -0.3 is 9.84 Å². The van der Waals surface area contributed by atoms with E-state index in [9.17, 15) is 9.90 Å². The molecule has 3 rings (SSSR count). The minimum atomic E-state index is -0.373. The number of aryl methyl sites for hydroxylation is 2. The number of hydrogen-bond acceptors (Lipinski definition) is 6. The molecule has 7 nitrogen and oxygen atoms in total. The highest BCUT2D eigenvalue weighted by atomic mass is 16.5. The van der Waals surface area contributed by atoms with Crippen LogP contribution in [0.25, 0.3) is 5.65 Å². The van der Waals surface area contributed by atoms with Crippen LogP contribution in [0.3, 0.4) is 0 Å². The second-order valence-electron chi connectivity index (χ2n) is 5.99. The molecule has 0 unspecified atom stereocenters. The zero-order chi connectivity index (χ0) is 18.7. The fraction of sp³-hybridized carbons (Fsp3) is 0.263. The Balaban J connectivity index is 2.05. The lowest BCUT2D eigenvalue weighted by molar-refractivity contribution is -0.142. The van der Waals surface area contributed by atoms with Crippen LogP contribution < -0.4 is 0 Å². The Morgan fingerprint density at radius 2 is 1.96 bits per heavy atom.